The van der Waals surface area contributed by atoms with Crippen LogP contribution in [0, 0.1) is 11.6 Å². The molecule has 0 saturated heterocycles. The van der Waals surface area contributed by atoms with Crippen LogP contribution in [0.5, 0.6) is 0 Å². The second-order valence-electron chi connectivity index (χ2n) is 4.09. The van der Waals surface area contributed by atoms with Crippen LogP contribution in [-0.4, -0.2) is 11.5 Å². The molecular weight excluding hydrogens is 302 g/mol. The Kier molecular flexibility index (Phi) is 5.20. The van der Waals surface area contributed by atoms with Crippen molar-refractivity contribution in [3.05, 3.63) is 47.0 Å². The maximum absolute atomic E-state index is 13.7. The molecule has 1 aromatic carbocycles. The lowest BCUT2D eigenvalue weighted by Crippen LogP contribution is -2.06. The highest BCUT2D eigenvalue weighted by Gasteiger charge is 2.12. The predicted octanol–water partition coefficient (Wildman–Crippen LogP) is 4.99. The van der Waals surface area contributed by atoms with Crippen molar-refractivity contribution in [1.82, 2.24) is 4.98 Å². The summed E-state index contributed by atoms with van der Waals surface area (Å²) in [5, 5.41) is 3.57. The second kappa shape index (κ2) is 6.90. The van der Waals surface area contributed by atoms with Crippen LogP contribution < -0.4 is 5.32 Å². The van der Waals surface area contributed by atoms with Gasteiger partial charge in [0.1, 0.15) is 5.03 Å². The summed E-state index contributed by atoms with van der Waals surface area (Å²) in [5.41, 5.74) is 0. The molecule has 20 heavy (non-hydrogen) atoms. The summed E-state index contributed by atoms with van der Waals surface area (Å²) >= 11 is 6.92. The third kappa shape index (κ3) is 3.84. The number of nitrogens with zero attached hydrogens (tertiary/aromatic N) is 1. The standard InChI is InChI=1S/C14H13ClF2N2S/c1-2-7-18-13-11(16)8-12(17)14(19-13)20-10-5-3-9(15)4-6-10/h3-6,8H,2,7H2,1H3,(H,18,19). The summed E-state index contributed by atoms with van der Waals surface area (Å²) in [7, 11) is 0. The molecule has 0 aliphatic heterocycles. The van der Waals surface area contributed by atoms with E-state index in [1.807, 2.05) is 6.92 Å². The van der Waals surface area contributed by atoms with E-state index < -0.39 is 11.6 Å². The van der Waals surface area contributed by atoms with Crippen LogP contribution in [0.1, 0.15) is 13.3 Å². The third-order valence-electron chi connectivity index (χ3n) is 2.47. The maximum atomic E-state index is 13.7. The molecule has 0 atom stereocenters. The first-order valence-electron chi connectivity index (χ1n) is 6.13. The minimum absolute atomic E-state index is 0.0738. The number of hydrogen-bond donors (Lipinski definition) is 1. The quantitative estimate of drug-likeness (QED) is 0.842. The van der Waals surface area contributed by atoms with Crippen molar-refractivity contribution in [2.75, 3.05) is 11.9 Å². The van der Waals surface area contributed by atoms with Gasteiger partial charge < -0.3 is 5.32 Å². The van der Waals surface area contributed by atoms with Crippen molar-refractivity contribution < 1.29 is 8.78 Å². The molecule has 0 radical (unpaired) electrons. The fourth-order valence-electron chi connectivity index (χ4n) is 1.50. The van der Waals surface area contributed by atoms with Gasteiger partial charge in [-0.15, -0.1) is 0 Å². The summed E-state index contributed by atoms with van der Waals surface area (Å²) in [6.07, 6.45) is 0.832. The van der Waals surface area contributed by atoms with Gasteiger partial charge in [-0.1, -0.05) is 30.3 Å². The number of benzene rings is 1. The van der Waals surface area contributed by atoms with Crippen LogP contribution >= 0.6 is 23.4 Å². The van der Waals surface area contributed by atoms with Crippen molar-refractivity contribution in [3.8, 4) is 0 Å². The first kappa shape index (κ1) is 15.1. The van der Waals surface area contributed by atoms with Gasteiger partial charge in [0.15, 0.2) is 17.5 Å². The molecule has 6 heteroatoms. The van der Waals surface area contributed by atoms with Crippen molar-refractivity contribution in [2.24, 2.45) is 0 Å². The van der Waals surface area contributed by atoms with Crippen LogP contribution in [0.25, 0.3) is 0 Å². The van der Waals surface area contributed by atoms with Crippen LogP contribution in [0.2, 0.25) is 5.02 Å². The fraction of sp³-hybridized carbons (Fsp3) is 0.214. The normalized spacial score (nSPS) is 10.6. The summed E-state index contributed by atoms with van der Waals surface area (Å²) in [5.74, 6) is -1.29. The average molecular weight is 315 g/mol. The van der Waals surface area contributed by atoms with E-state index in [0.29, 0.717) is 11.6 Å². The smallest absolute Gasteiger partial charge is 0.168 e. The van der Waals surface area contributed by atoms with Gasteiger partial charge in [0.05, 0.1) is 0 Å². The monoisotopic (exact) mass is 314 g/mol. The Balaban J connectivity index is 2.24. The molecule has 0 bridgehead atoms. The van der Waals surface area contributed by atoms with E-state index in [0.717, 1.165) is 29.1 Å². The molecule has 2 nitrogen and oxygen atoms in total. The van der Waals surface area contributed by atoms with Gasteiger partial charge in [0, 0.05) is 22.5 Å². The molecule has 2 rings (SSSR count). The van der Waals surface area contributed by atoms with Gasteiger partial charge in [0.2, 0.25) is 0 Å². The molecule has 106 valence electrons. The van der Waals surface area contributed by atoms with Crippen molar-refractivity contribution >= 4 is 29.2 Å². The minimum Gasteiger partial charge on any atom is -0.368 e. The van der Waals surface area contributed by atoms with Crippen LogP contribution in [0.3, 0.4) is 0 Å². The Morgan fingerprint density at radius 1 is 1.20 bits per heavy atom. The summed E-state index contributed by atoms with van der Waals surface area (Å²) in [4.78, 5) is 4.78. The van der Waals surface area contributed by atoms with E-state index in [9.17, 15) is 8.78 Å². The van der Waals surface area contributed by atoms with E-state index in [1.54, 1.807) is 24.3 Å². The number of anilines is 1. The lowest BCUT2D eigenvalue weighted by molar-refractivity contribution is 0.551. The summed E-state index contributed by atoms with van der Waals surface area (Å²) < 4.78 is 27.3. The maximum Gasteiger partial charge on any atom is 0.168 e. The summed E-state index contributed by atoms with van der Waals surface area (Å²) in [6, 6.07) is 7.79. The molecule has 1 N–H and O–H groups in total. The number of hydrogen-bond acceptors (Lipinski definition) is 3. The molecule has 0 unspecified atom stereocenters. The molecule has 0 fully saturated rings. The summed E-state index contributed by atoms with van der Waals surface area (Å²) in [6.45, 7) is 2.54. The van der Waals surface area contributed by atoms with E-state index in [-0.39, 0.29) is 10.8 Å². The van der Waals surface area contributed by atoms with E-state index in [1.165, 1.54) is 0 Å². The highest BCUT2D eigenvalue weighted by Crippen LogP contribution is 2.31. The zero-order valence-corrected chi connectivity index (χ0v) is 12.4. The average Bonchev–Trinajstić information content (AvgIpc) is 2.43. The largest absolute Gasteiger partial charge is 0.368 e. The number of aromatic nitrogens is 1. The van der Waals surface area contributed by atoms with E-state index in [2.05, 4.69) is 10.3 Å². The zero-order valence-electron chi connectivity index (χ0n) is 10.8. The Labute approximate surface area is 125 Å². The van der Waals surface area contributed by atoms with Gasteiger partial charge in [-0.3, -0.25) is 0 Å². The lowest BCUT2D eigenvalue weighted by Gasteiger charge is -2.08. The number of halogens is 3. The van der Waals surface area contributed by atoms with Crippen LogP contribution in [-0.2, 0) is 0 Å². The van der Waals surface area contributed by atoms with Crippen molar-refractivity contribution in [1.29, 1.82) is 0 Å². The van der Waals surface area contributed by atoms with Gasteiger partial charge in [-0.25, -0.2) is 13.8 Å². The Hall–Kier alpha value is -1.33. The Morgan fingerprint density at radius 2 is 1.90 bits per heavy atom. The molecule has 2 aromatic rings. The first-order chi connectivity index (χ1) is 9.60. The van der Waals surface area contributed by atoms with E-state index in [4.69, 9.17) is 11.6 Å². The molecule has 0 aliphatic carbocycles. The SMILES string of the molecule is CCCNc1nc(Sc2ccc(Cl)cc2)c(F)cc1F. The fourth-order valence-corrected chi connectivity index (χ4v) is 2.42. The zero-order chi connectivity index (χ0) is 14.5. The molecule has 0 aliphatic rings. The lowest BCUT2D eigenvalue weighted by atomic mass is 10.4. The predicted molar refractivity (Wildman–Crippen MR) is 78.5 cm³/mol. The van der Waals surface area contributed by atoms with Gasteiger partial charge in [0.25, 0.3) is 0 Å². The number of rotatable bonds is 5. The molecular formula is C14H13ClF2N2S. The second-order valence-corrected chi connectivity index (χ2v) is 5.59. The minimum atomic E-state index is -0.684. The van der Waals surface area contributed by atoms with Gasteiger partial charge in [-0.2, -0.15) is 0 Å². The molecule has 0 spiro atoms. The Morgan fingerprint density at radius 3 is 2.55 bits per heavy atom. The first-order valence-corrected chi connectivity index (χ1v) is 7.33. The Bertz CT molecular complexity index is 590. The van der Waals surface area contributed by atoms with Crippen LogP contribution in [0.15, 0.2) is 40.3 Å². The van der Waals surface area contributed by atoms with Gasteiger partial charge in [-0.05, 0) is 30.7 Å². The van der Waals surface area contributed by atoms with Crippen molar-refractivity contribution in [2.45, 2.75) is 23.3 Å². The van der Waals surface area contributed by atoms with Crippen LogP contribution in [0.4, 0.5) is 14.6 Å². The number of pyridine rings is 1. The third-order valence-corrected chi connectivity index (χ3v) is 3.71. The van der Waals surface area contributed by atoms with Gasteiger partial charge >= 0.3 is 0 Å². The highest BCUT2D eigenvalue weighted by atomic mass is 35.5. The molecule has 0 amide bonds. The van der Waals surface area contributed by atoms with Crippen molar-refractivity contribution in [3.63, 3.8) is 0 Å². The van der Waals surface area contributed by atoms with E-state index >= 15 is 0 Å². The topological polar surface area (TPSA) is 24.9 Å². The molecule has 1 aromatic heterocycles. The number of nitrogens with one attached hydrogen (secondary N) is 1. The molecule has 0 saturated carbocycles. The highest BCUT2D eigenvalue weighted by molar-refractivity contribution is 7.99. The molecule has 1 heterocycles.